The molecule has 0 unspecified atom stereocenters. The minimum absolute atomic E-state index is 0.0520. The first-order valence-electron chi connectivity index (χ1n) is 12.9. The predicted octanol–water partition coefficient (Wildman–Crippen LogP) is 4.63. The molecule has 0 aromatic heterocycles. The molecule has 5 nitrogen and oxygen atoms in total. The number of hydrogen-bond acceptors (Lipinski definition) is 5. The number of aliphatic hydroxyl groups is 1. The van der Waals surface area contributed by atoms with Gasteiger partial charge in [-0.05, 0) is 12.8 Å². The second-order valence-corrected chi connectivity index (χ2v) is 8.60. The van der Waals surface area contributed by atoms with Crippen molar-refractivity contribution >= 4 is 14.3 Å². The summed E-state index contributed by atoms with van der Waals surface area (Å²) in [5, 5.41) is 9.06. The molecule has 0 rings (SSSR count). The van der Waals surface area contributed by atoms with Crippen molar-refractivity contribution in [1.82, 2.24) is 9.80 Å². The Bertz CT molecular complexity index is 426. The zero-order valence-corrected chi connectivity index (χ0v) is 20.3. The van der Waals surface area contributed by atoms with Gasteiger partial charge in [-0.15, -0.1) is 0 Å². The summed E-state index contributed by atoms with van der Waals surface area (Å²) >= 11 is 0. The van der Waals surface area contributed by atoms with Crippen molar-refractivity contribution in [2.75, 3.05) is 45.7 Å². The summed E-state index contributed by atoms with van der Waals surface area (Å²) in [6.07, 6.45) is 23.7. The number of aliphatic hydroxyl groups excluding tert-OH is 1. The van der Waals surface area contributed by atoms with Gasteiger partial charge in [0.05, 0.1) is 0 Å². The molecule has 0 radical (unpaired) electrons. The van der Waals surface area contributed by atoms with E-state index in [0.29, 0.717) is 26.0 Å². The normalized spacial score (nSPS) is 11.5. The molecule has 0 fully saturated rings. The third-order valence-electron chi connectivity index (χ3n) is 5.80. The Kier molecular flexibility index (Phi) is 25.1. The first-order chi connectivity index (χ1) is 15.3. The minimum atomic E-state index is 0.0520. The van der Waals surface area contributed by atoms with Crippen LogP contribution in [-0.2, 0) is 9.41 Å². The van der Waals surface area contributed by atoms with Crippen LogP contribution in [0.2, 0.25) is 0 Å². The predicted molar refractivity (Wildman–Crippen MR) is 132 cm³/mol. The van der Waals surface area contributed by atoms with Crippen LogP contribution in [0, 0.1) is 0 Å². The van der Waals surface area contributed by atoms with Gasteiger partial charge in [0.25, 0.3) is 0 Å². The van der Waals surface area contributed by atoms with Crippen molar-refractivity contribution in [2.24, 2.45) is 0 Å². The van der Waals surface area contributed by atoms with Gasteiger partial charge in [0.1, 0.15) is 0 Å². The summed E-state index contributed by atoms with van der Waals surface area (Å²) in [6, 6.07) is 0. The third-order valence-corrected chi connectivity index (χ3v) is 5.80. The number of rotatable bonds is 25. The van der Waals surface area contributed by atoms with Crippen LogP contribution in [0.3, 0.4) is 0 Å². The Morgan fingerprint density at radius 1 is 0.613 bits per heavy atom. The average Bonchev–Trinajstić information content (AvgIpc) is 2.77. The third kappa shape index (κ3) is 22.3. The van der Waals surface area contributed by atoms with Crippen LogP contribution >= 0.6 is 0 Å². The zero-order chi connectivity index (χ0) is 22.8. The quantitative estimate of drug-likeness (QED) is 0.129. The molecule has 7 heteroatoms. The molecule has 0 bridgehead atoms. The van der Waals surface area contributed by atoms with Crippen LogP contribution in [0.5, 0.6) is 0 Å². The van der Waals surface area contributed by atoms with Crippen LogP contribution in [0.15, 0.2) is 12.2 Å². The molecule has 0 aromatic carbocycles. The molecular weight excluding hydrogens is 386 g/mol. The molecule has 0 aliphatic rings. The number of unbranched alkanes of at least 4 members (excludes halogenated alkanes) is 12. The van der Waals surface area contributed by atoms with Gasteiger partial charge in [-0.1, -0.05) is 39.0 Å². The zero-order valence-electron chi connectivity index (χ0n) is 20.3. The molecular formula is C24H48B2N2O3. The van der Waals surface area contributed by atoms with Crippen LogP contribution in [0.25, 0.3) is 0 Å². The molecule has 0 amide bonds. The van der Waals surface area contributed by atoms with E-state index < -0.39 is 0 Å². The van der Waals surface area contributed by atoms with Gasteiger partial charge in [0.15, 0.2) is 0 Å². The van der Waals surface area contributed by atoms with E-state index in [1.807, 2.05) is 4.90 Å². The Labute approximate surface area is 193 Å². The Hall–Kier alpha value is -0.650. The van der Waals surface area contributed by atoms with E-state index in [1.54, 1.807) is 0 Å². The average molecular weight is 434 g/mol. The Balaban J connectivity index is 3.59. The standard InChI is InChI=1S/C24H48B2N2O3/c1-2-3-4-5-6-7-8-9-10-11-12-13-14-15-16-17-18-27(23-25-30)19-20-28(21-22-29)24-26-31/h9-10,29H,2-8,11-24H2,1H3/b10-9-. The topological polar surface area (TPSA) is 60.9 Å². The molecule has 0 saturated heterocycles. The molecule has 0 heterocycles. The maximum atomic E-state index is 10.9. The van der Waals surface area contributed by atoms with Crippen molar-refractivity contribution in [3.8, 4) is 0 Å². The van der Waals surface area contributed by atoms with E-state index in [4.69, 9.17) is 5.11 Å². The fraction of sp³-hybridized carbons (Fsp3) is 0.917. The van der Waals surface area contributed by atoms with E-state index in [0.717, 1.165) is 33.8 Å². The summed E-state index contributed by atoms with van der Waals surface area (Å²) < 4.78 is 21.6. The summed E-state index contributed by atoms with van der Waals surface area (Å²) in [4.78, 5) is 4.07. The summed E-state index contributed by atoms with van der Waals surface area (Å²) in [6.45, 7) is 5.21. The summed E-state index contributed by atoms with van der Waals surface area (Å²) in [5.74, 6) is 0. The number of allylic oxidation sites excluding steroid dienone is 2. The monoisotopic (exact) mass is 434 g/mol. The van der Waals surface area contributed by atoms with E-state index in [9.17, 15) is 9.41 Å². The molecule has 0 aromatic rings. The molecule has 0 saturated carbocycles. The van der Waals surface area contributed by atoms with Gasteiger partial charge in [-0.3, -0.25) is 0 Å². The Morgan fingerprint density at radius 2 is 1.06 bits per heavy atom. The number of hydrogen-bond donors (Lipinski definition) is 1. The van der Waals surface area contributed by atoms with Gasteiger partial charge in [0, 0.05) is 0 Å². The molecule has 31 heavy (non-hydrogen) atoms. The van der Waals surface area contributed by atoms with Crippen molar-refractivity contribution in [1.29, 1.82) is 0 Å². The van der Waals surface area contributed by atoms with Gasteiger partial charge in [0.2, 0.25) is 0 Å². The molecule has 0 spiro atoms. The van der Waals surface area contributed by atoms with Crippen LogP contribution in [-0.4, -0.2) is 74.9 Å². The van der Waals surface area contributed by atoms with Crippen LogP contribution in [0.4, 0.5) is 0 Å². The van der Waals surface area contributed by atoms with E-state index in [1.165, 1.54) is 83.5 Å². The molecule has 178 valence electrons. The SMILES string of the molecule is CCCCCCCC/C=C\CCCCCCCCN(CB=O)CCN(CB=O)CCO. The molecule has 0 atom stereocenters. The van der Waals surface area contributed by atoms with Gasteiger partial charge < -0.3 is 0 Å². The molecule has 1 N–H and O–H groups in total. The van der Waals surface area contributed by atoms with Gasteiger partial charge in [-0.2, -0.15) is 0 Å². The van der Waals surface area contributed by atoms with Crippen molar-refractivity contribution in [2.45, 2.75) is 96.8 Å². The summed E-state index contributed by atoms with van der Waals surface area (Å²) in [7, 11) is 1.82. The van der Waals surface area contributed by atoms with E-state index in [-0.39, 0.29) is 6.61 Å². The Morgan fingerprint density at radius 3 is 1.55 bits per heavy atom. The van der Waals surface area contributed by atoms with E-state index in [2.05, 4.69) is 24.0 Å². The van der Waals surface area contributed by atoms with Gasteiger partial charge >= 0.3 is 141 Å². The van der Waals surface area contributed by atoms with E-state index >= 15 is 0 Å². The maximum absolute atomic E-state index is 10.9. The van der Waals surface area contributed by atoms with Gasteiger partial charge in [-0.25, -0.2) is 0 Å². The van der Waals surface area contributed by atoms with Crippen LogP contribution < -0.4 is 0 Å². The number of nitrogens with zero attached hydrogens (tertiary/aromatic N) is 2. The first kappa shape index (κ1) is 30.3. The first-order valence-corrected chi connectivity index (χ1v) is 12.9. The fourth-order valence-corrected chi connectivity index (χ4v) is 3.81. The van der Waals surface area contributed by atoms with Crippen molar-refractivity contribution in [3.05, 3.63) is 12.2 Å². The molecule has 0 aliphatic carbocycles. The molecule has 0 aliphatic heterocycles. The van der Waals surface area contributed by atoms with Crippen molar-refractivity contribution < 1.29 is 14.5 Å². The second-order valence-electron chi connectivity index (χ2n) is 8.60. The van der Waals surface area contributed by atoms with Crippen molar-refractivity contribution in [3.63, 3.8) is 0 Å². The summed E-state index contributed by atoms with van der Waals surface area (Å²) in [5.41, 5.74) is 0. The fourth-order valence-electron chi connectivity index (χ4n) is 3.81. The second kappa shape index (κ2) is 25.6. The van der Waals surface area contributed by atoms with Crippen LogP contribution in [0.1, 0.15) is 96.8 Å².